The highest BCUT2D eigenvalue weighted by molar-refractivity contribution is 6.05. The molecule has 9 heteroatoms. The quantitative estimate of drug-likeness (QED) is 0.405. The lowest BCUT2D eigenvalue weighted by atomic mass is 10.2. The molecule has 8 nitrogen and oxygen atoms in total. The second kappa shape index (κ2) is 9.83. The molecule has 0 spiro atoms. The molecule has 0 aliphatic carbocycles. The van der Waals surface area contributed by atoms with Gasteiger partial charge in [-0.05, 0) is 68.3 Å². The summed E-state index contributed by atoms with van der Waals surface area (Å²) in [6.45, 7) is 2.88. The Bertz CT molecular complexity index is 1470. The molecule has 4 aromatic rings. The first-order valence-electron chi connectivity index (χ1n) is 10.3. The molecule has 0 fully saturated rings. The second-order valence-electron chi connectivity index (χ2n) is 7.22. The van der Waals surface area contributed by atoms with Crippen molar-refractivity contribution in [2.75, 3.05) is 10.6 Å². The van der Waals surface area contributed by atoms with E-state index in [4.69, 9.17) is 4.74 Å². The van der Waals surface area contributed by atoms with Gasteiger partial charge in [-0.15, -0.1) is 0 Å². The van der Waals surface area contributed by atoms with E-state index in [1.165, 1.54) is 31.6 Å². The van der Waals surface area contributed by atoms with Crippen molar-refractivity contribution in [3.8, 4) is 23.3 Å². The predicted molar refractivity (Wildman–Crippen MR) is 128 cm³/mol. The van der Waals surface area contributed by atoms with Crippen molar-refractivity contribution in [2.24, 2.45) is 0 Å². The average molecular weight is 457 g/mol. The largest absolute Gasteiger partial charge is 0.457 e. The number of nitrogens with one attached hydrogen (secondary N) is 2. The Morgan fingerprint density at radius 2 is 1.82 bits per heavy atom. The molecule has 2 N–H and O–H groups in total. The average Bonchev–Trinajstić information content (AvgIpc) is 2.81. The number of ether oxygens (including phenoxy) is 1. The summed E-state index contributed by atoms with van der Waals surface area (Å²) in [5.74, 6) is 5.96. The molecule has 34 heavy (non-hydrogen) atoms. The number of hydrogen-bond donors (Lipinski definition) is 2. The summed E-state index contributed by atoms with van der Waals surface area (Å²) in [4.78, 5) is 32.3. The lowest BCUT2D eigenvalue weighted by molar-refractivity contribution is -0.111. The van der Waals surface area contributed by atoms with E-state index in [9.17, 15) is 14.0 Å². The van der Waals surface area contributed by atoms with E-state index >= 15 is 0 Å². The summed E-state index contributed by atoms with van der Waals surface area (Å²) < 4.78 is 20.0. The van der Waals surface area contributed by atoms with Gasteiger partial charge in [-0.3, -0.25) is 14.2 Å². The standard InChI is InChI=1S/C25H20FN5O3/c1-3-4-23(32)29-18-7-10-22-21(13-18)25(28-15-27-22)30-17-5-8-19(9-6-17)34-20-11-12-31(16(2)26)24(33)14-20/h5-16H,1-2H3,(H,29,32)(H,27,28,30). The highest BCUT2D eigenvalue weighted by Gasteiger charge is 2.08. The van der Waals surface area contributed by atoms with E-state index in [1.807, 2.05) is 0 Å². The van der Waals surface area contributed by atoms with Crippen molar-refractivity contribution in [2.45, 2.75) is 20.1 Å². The lowest BCUT2D eigenvalue weighted by Gasteiger charge is -2.11. The second-order valence-corrected chi connectivity index (χ2v) is 7.22. The number of hydrogen-bond acceptors (Lipinski definition) is 6. The molecule has 2 aromatic carbocycles. The maximum Gasteiger partial charge on any atom is 0.300 e. The minimum Gasteiger partial charge on any atom is -0.457 e. The van der Waals surface area contributed by atoms with Crippen LogP contribution in [-0.4, -0.2) is 20.4 Å². The Balaban J connectivity index is 1.52. The molecule has 4 rings (SSSR count). The number of amides is 1. The number of halogens is 1. The summed E-state index contributed by atoms with van der Waals surface area (Å²) in [5.41, 5.74) is 1.53. The van der Waals surface area contributed by atoms with Gasteiger partial charge in [0.15, 0.2) is 6.30 Å². The van der Waals surface area contributed by atoms with E-state index in [1.54, 1.807) is 49.4 Å². The fraction of sp³-hybridized carbons (Fsp3) is 0.120. The van der Waals surface area contributed by atoms with Crippen LogP contribution in [-0.2, 0) is 4.79 Å². The number of aromatic nitrogens is 3. The Kier molecular flexibility index (Phi) is 6.50. The zero-order valence-electron chi connectivity index (χ0n) is 18.4. The molecule has 1 unspecified atom stereocenters. The van der Waals surface area contributed by atoms with E-state index < -0.39 is 17.8 Å². The first kappa shape index (κ1) is 22.5. The maximum atomic E-state index is 13.4. The van der Waals surface area contributed by atoms with Crippen molar-refractivity contribution in [1.29, 1.82) is 0 Å². The predicted octanol–water partition coefficient (Wildman–Crippen LogP) is 4.78. The molecule has 0 aliphatic rings. The molecule has 2 heterocycles. The summed E-state index contributed by atoms with van der Waals surface area (Å²) in [7, 11) is 0. The number of anilines is 3. The van der Waals surface area contributed by atoms with Gasteiger partial charge >= 0.3 is 0 Å². The van der Waals surface area contributed by atoms with Gasteiger partial charge in [0.25, 0.3) is 11.5 Å². The van der Waals surface area contributed by atoms with Crippen LogP contribution in [0.15, 0.2) is 71.9 Å². The number of fused-ring (bicyclic) bond motifs is 1. The maximum absolute atomic E-state index is 13.4. The highest BCUT2D eigenvalue weighted by Crippen LogP contribution is 2.28. The van der Waals surface area contributed by atoms with Crippen LogP contribution in [0, 0.1) is 11.8 Å². The van der Waals surface area contributed by atoms with Crippen molar-refractivity contribution in [1.82, 2.24) is 14.5 Å². The zero-order chi connectivity index (χ0) is 24.1. The van der Waals surface area contributed by atoms with Gasteiger partial charge in [0.2, 0.25) is 0 Å². The molecule has 0 aliphatic heterocycles. The number of nitrogens with zero attached hydrogens (tertiary/aromatic N) is 3. The first-order valence-corrected chi connectivity index (χ1v) is 10.3. The van der Waals surface area contributed by atoms with E-state index in [2.05, 4.69) is 32.4 Å². The molecule has 0 saturated carbocycles. The van der Waals surface area contributed by atoms with Crippen molar-refractivity contribution < 1.29 is 13.9 Å². The highest BCUT2D eigenvalue weighted by atomic mass is 19.1. The van der Waals surface area contributed by atoms with E-state index in [0.717, 1.165) is 10.3 Å². The van der Waals surface area contributed by atoms with E-state index in [-0.39, 0.29) is 0 Å². The van der Waals surface area contributed by atoms with Crippen LogP contribution < -0.4 is 20.9 Å². The van der Waals surface area contributed by atoms with Crippen LogP contribution in [0.4, 0.5) is 21.6 Å². The number of carbonyl (C=O) groups excluding carboxylic acids is 1. The monoisotopic (exact) mass is 457 g/mol. The van der Waals surface area contributed by atoms with Crippen molar-refractivity contribution in [3.63, 3.8) is 0 Å². The van der Waals surface area contributed by atoms with Gasteiger partial charge in [-0.25, -0.2) is 14.4 Å². The third-order valence-corrected chi connectivity index (χ3v) is 4.79. The minimum atomic E-state index is -1.41. The molecule has 0 bridgehead atoms. The summed E-state index contributed by atoms with van der Waals surface area (Å²) in [6, 6.07) is 15.1. The van der Waals surface area contributed by atoms with Crippen molar-refractivity contribution >= 4 is 34.0 Å². The van der Waals surface area contributed by atoms with Crippen LogP contribution in [0.3, 0.4) is 0 Å². The fourth-order valence-electron chi connectivity index (χ4n) is 3.22. The molecule has 1 atom stereocenters. The third-order valence-electron chi connectivity index (χ3n) is 4.79. The van der Waals surface area contributed by atoms with E-state index in [0.29, 0.717) is 33.9 Å². The number of carbonyl (C=O) groups is 1. The molecule has 2 aromatic heterocycles. The molecular weight excluding hydrogens is 437 g/mol. The Hall–Kier alpha value is -4.71. The van der Waals surface area contributed by atoms with Gasteiger partial charge in [-0.2, -0.15) is 0 Å². The fourth-order valence-corrected chi connectivity index (χ4v) is 3.22. The number of rotatable bonds is 6. The van der Waals surface area contributed by atoms with Gasteiger partial charge < -0.3 is 15.4 Å². The van der Waals surface area contributed by atoms with Gasteiger partial charge in [0, 0.05) is 29.0 Å². The van der Waals surface area contributed by atoms with Crippen molar-refractivity contribution in [3.05, 3.63) is 77.5 Å². The van der Waals surface area contributed by atoms with Gasteiger partial charge in [-0.1, -0.05) is 5.92 Å². The number of alkyl halides is 1. The number of benzene rings is 2. The summed E-state index contributed by atoms with van der Waals surface area (Å²) >= 11 is 0. The Morgan fingerprint density at radius 1 is 1.06 bits per heavy atom. The summed E-state index contributed by atoms with van der Waals surface area (Å²) in [6.07, 6.45) is 1.38. The minimum absolute atomic E-state index is 0.312. The van der Waals surface area contributed by atoms with Gasteiger partial charge in [0.05, 0.1) is 5.52 Å². The van der Waals surface area contributed by atoms with Gasteiger partial charge in [0.1, 0.15) is 23.6 Å². The lowest BCUT2D eigenvalue weighted by Crippen LogP contribution is -2.19. The topological polar surface area (TPSA) is 98.1 Å². The SMILES string of the molecule is CC#CC(=O)Nc1ccc2ncnc(Nc3ccc(Oc4ccn(C(C)F)c(=O)c4)cc3)c2c1. The van der Waals surface area contributed by atoms with Crippen LogP contribution >= 0.6 is 0 Å². The first-order chi connectivity index (χ1) is 16.4. The molecule has 1 amide bonds. The smallest absolute Gasteiger partial charge is 0.300 e. The molecule has 170 valence electrons. The van der Waals surface area contributed by atoms with Crippen LogP contribution in [0.2, 0.25) is 0 Å². The van der Waals surface area contributed by atoms with Crippen LogP contribution in [0.25, 0.3) is 10.9 Å². The molecule has 0 saturated heterocycles. The Morgan fingerprint density at radius 3 is 2.53 bits per heavy atom. The third kappa shape index (κ3) is 5.19. The van der Waals surface area contributed by atoms with Crippen LogP contribution in [0.5, 0.6) is 11.5 Å². The summed E-state index contributed by atoms with van der Waals surface area (Å²) in [5, 5.41) is 6.66. The number of pyridine rings is 1. The zero-order valence-corrected chi connectivity index (χ0v) is 18.4. The molecule has 0 radical (unpaired) electrons. The normalized spacial score (nSPS) is 11.3. The van der Waals surface area contributed by atoms with Crippen LogP contribution in [0.1, 0.15) is 20.1 Å². The Labute approximate surface area is 194 Å². The molecular formula is C25H20FN5O3.